The summed E-state index contributed by atoms with van der Waals surface area (Å²) in [5.41, 5.74) is 2.81. The van der Waals surface area contributed by atoms with E-state index in [9.17, 15) is 10.1 Å². The van der Waals surface area contributed by atoms with Crippen molar-refractivity contribution < 1.29 is 4.92 Å². The molecular weight excluding hydrogens is 280 g/mol. The molecule has 9 heteroatoms. The van der Waals surface area contributed by atoms with Crippen LogP contribution in [0.3, 0.4) is 0 Å². The maximum atomic E-state index is 11.2. The lowest BCUT2D eigenvalue weighted by atomic mass is 10.2. The zero-order valence-corrected chi connectivity index (χ0v) is 11.7. The number of aryl methyl sites for hydroxylation is 2. The molecule has 0 radical (unpaired) electrons. The summed E-state index contributed by atoms with van der Waals surface area (Å²) in [5.74, 6) is 0.238. The van der Waals surface area contributed by atoms with Gasteiger partial charge in [-0.25, -0.2) is 0 Å². The zero-order valence-electron chi connectivity index (χ0n) is 10.9. The number of aromatic nitrogens is 4. The van der Waals surface area contributed by atoms with Gasteiger partial charge in [-0.15, -0.1) is 0 Å². The molecule has 3 aromatic heterocycles. The maximum absolute atomic E-state index is 11.2. The van der Waals surface area contributed by atoms with Crippen molar-refractivity contribution in [3.63, 3.8) is 0 Å². The Morgan fingerprint density at radius 3 is 3.00 bits per heavy atom. The Morgan fingerprint density at radius 1 is 1.55 bits per heavy atom. The Balaban J connectivity index is 1.93. The fraction of sp³-hybridized carbons (Fsp3) is 0.273. The highest BCUT2D eigenvalue weighted by molar-refractivity contribution is 7.15. The fourth-order valence-electron chi connectivity index (χ4n) is 2.07. The van der Waals surface area contributed by atoms with E-state index in [1.807, 2.05) is 13.8 Å². The van der Waals surface area contributed by atoms with E-state index >= 15 is 0 Å². The number of anilines is 1. The topological polar surface area (TPSA) is 101 Å². The van der Waals surface area contributed by atoms with Crippen LogP contribution in [0.4, 0.5) is 11.6 Å². The van der Waals surface area contributed by atoms with Gasteiger partial charge in [0.1, 0.15) is 6.20 Å². The van der Waals surface area contributed by atoms with Crippen LogP contribution >= 0.6 is 11.3 Å². The molecular formula is C11H12N6O2S. The van der Waals surface area contributed by atoms with Gasteiger partial charge in [0.15, 0.2) is 0 Å². The third-order valence-corrected chi connectivity index (χ3v) is 3.88. The number of hydrogen-bond acceptors (Lipinski definition) is 6. The minimum atomic E-state index is -0.426. The number of aromatic amines is 1. The molecule has 0 aliphatic carbocycles. The molecule has 0 atom stereocenters. The SMILES string of the molecule is Cc1n[nH]c(C)c1CNc1nc2sccn2c1[N+](=O)[O-]. The first-order chi connectivity index (χ1) is 9.58. The summed E-state index contributed by atoms with van der Waals surface area (Å²) >= 11 is 1.36. The van der Waals surface area contributed by atoms with E-state index < -0.39 is 4.92 Å². The van der Waals surface area contributed by atoms with Crippen molar-refractivity contribution in [2.24, 2.45) is 0 Å². The van der Waals surface area contributed by atoms with Crippen LogP contribution in [-0.2, 0) is 6.54 Å². The fourth-order valence-corrected chi connectivity index (χ4v) is 2.78. The number of rotatable bonds is 4. The van der Waals surface area contributed by atoms with Crippen molar-refractivity contribution in [1.29, 1.82) is 0 Å². The van der Waals surface area contributed by atoms with Gasteiger partial charge < -0.3 is 15.4 Å². The second kappa shape index (κ2) is 4.60. The predicted octanol–water partition coefficient (Wildman–Crippen LogP) is 2.26. The third kappa shape index (κ3) is 1.92. The van der Waals surface area contributed by atoms with Crippen LogP contribution in [0.5, 0.6) is 0 Å². The highest BCUT2D eigenvalue weighted by Crippen LogP contribution is 2.28. The molecule has 0 fully saturated rings. The first-order valence-corrected chi connectivity index (χ1v) is 6.80. The summed E-state index contributed by atoms with van der Waals surface area (Å²) in [6, 6.07) is 0. The average molecular weight is 292 g/mol. The molecule has 0 aromatic carbocycles. The van der Waals surface area contributed by atoms with Gasteiger partial charge >= 0.3 is 5.82 Å². The van der Waals surface area contributed by atoms with Crippen molar-refractivity contribution in [1.82, 2.24) is 19.6 Å². The van der Waals surface area contributed by atoms with E-state index in [1.165, 1.54) is 15.7 Å². The van der Waals surface area contributed by atoms with Crippen molar-refractivity contribution in [2.75, 3.05) is 5.32 Å². The van der Waals surface area contributed by atoms with E-state index in [0.717, 1.165) is 17.0 Å². The molecule has 0 aliphatic rings. The van der Waals surface area contributed by atoms with Crippen LogP contribution in [0.1, 0.15) is 17.0 Å². The molecule has 8 nitrogen and oxygen atoms in total. The van der Waals surface area contributed by atoms with Crippen LogP contribution in [0.25, 0.3) is 4.96 Å². The predicted molar refractivity (Wildman–Crippen MR) is 75.1 cm³/mol. The monoisotopic (exact) mass is 292 g/mol. The van der Waals surface area contributed by atoms with Gasteiger partial charge in [-0.3, -0.25) is 5.10 Å². The Hall–Kier alpha value is -2.42. The summed E-state index contributed by atoms with van der Waals surface area (Å²) in [7, 11) is 0. The van der Waals surface area contributed by atoms with E-state index in [2.05, 4.69) is 20.5 Å². The standard InChI is InChI=1S/C11H12N6O2S/c1-6-8(7(2)15-14-6)5-12-9-10(17(18)19)16-3-4-20-11(16)13-9/h3-4,12H,5H2,1-2H3,(H,14,15). The molecule has 3 heterocycles. The number of nitrogens with one attached hydrogen (secondary N) is 2. The molecule has 0 saturated carbocycles. The molecule has 0 amide bonds. The zero-order chi connectivity index (χ0) is 14.3. The minimum Gasteiger partial charge on any atom is -0.359 e. The lowest BCUT2D eigenvalue weighted by Gasteiger charge is -2.03. The van der Waals surface area contributed by atoms with Gasteiger partial charge in [-0.2, -0.15) is 14.5 Å². The summed E-state index contributed by atoms with van der Waals surface area (Å²) in [6.45, 7) is 4.25. The number of nitrogens with zero attached hydrogens (tertiary/aromatic N) is 4. The van der Waals surface area contributed by atoms with Crippen LogP contribution in [0, 0.1) is 24.0 Å². The number of nitro groups is 1. The summed E-state index contributed by atoms with van der Waals surface area (Å²) in [6.07, 6.45) is 1.64. The van der Waals surface area contributed by atoms with Gasteiger partial charge in [0.25, 0.3) is 4.96 Å². The van der Waals surface area contributed by atoms with Crippen LogP contribution in [-0.4, -0.2) is 24.5 Å². The molecule has 0 unspecified atom stereocenters. The summed E-state index contributed by atoms with van der Waals surface area (Å²) < 4.78 is 1.47. The molecule has 2 N–H and O–H groups in total. The molecule has 0 aliphatic heterocycles. The van der Waals surface area contributed by atoms with Crippen LogP contribution in [0.2, 0.25) is 0 Å². The number of thiazole rings is 1. The molecule has 3 aromatic rings. The maximum Gasteiger partial charge on any atom is 0.372 e. The normalized spacial score (nSPS) is 11.1. The Kier molecular flexibility index (Phi) is 2.90. The quantitative estimate of drug-likeness (QED) is 0.567. The third-order valence-electron chi connectivity index (χ3n) is 3.12. The molecule has 3 rings (SSSR count). The summed E-state index contributed by atoms with van der Waals surface area (Å²) in [5, 5.41) is 23.0. The van der Waals surface area contributed by atoms with Gasteiger partial charge in [0.05, 0.1) is 5.69 Å². The number of H-pyrrole nitrogens is 1. The number of fused-ring (bicyclic) bond motifs is 1. The van der Waals surface area contributed by atoms with Crippen LogP contribution < -0.4 is 5.32 Å². The first kappa shape index (κ1) is 12.6. The molecule has 0 saturated heterocycles. The highest BCUT2D eigenvalue weighted by Gasteiger charge is 2.23. The Morgan fingerprint density at radius 2 is 2.35 bits per heavy atom. The minimum absolute atomic E-state index is 0.0416. The van der Waals surface area contributed by atoms with Crippen LogP contribution in [0.15, 0.2) is 11.6 Å². The molecule has 20 heavy (non-hydrogen) atoms. The lowest BCUT2D eigenvalue weighted by Crippen LogP contribution is -2.04. The van der Waals surface area contributed by atoms with E-state index in [4.69, 9.17) is 0 Å². The van der Waals surface area contributed by atoms with Crippen molar-refractivity contribution >= 4 is 27.9 Å². The van der Waals surface area contributed by atoms with E-state index in [1.54, 1.807) is 11.6 Å². The second-order valence-corrected chi connectivity index (χ2v) is 5.24. The lowest BCUT2D eigenvalue weighted by molar-refractivity contribution is -0.389. The van der Waals surface area contributed by atoms with Crippen molar-refractivity contribution in [3.8, 4) is 0 Å². The first-order valence-electron chi connectivity index (χ1n) is 5.92. The molecule has 104 valence electrons. The largest absolute Gasteiger partial charge is 0.372 e. The van der Waals surface area contributed by atoms with Gasteiger partial charge in [-0.05, 0) is 18.8 Å². The van der Waals surface area contributed by atoms with E-state index in [0.29, 0.717) is 11.5 Å². The van der Waals surface area contributed by atoms with E-state index in [-0.39, 0.29) is 11.6 Å². The highest BCUT2D eigenvalue weighted by atomic mass is 32.1. The second-order valence-electron chi connectivity index (χ2n) is 4.36. The smallest absolute Gasteiger partial charge is 0.359 e. The van der Waals surface area contributed by atoms with Gasteiger partial charge in [0, 0.05) is 23.2 Å². The Labute approximate surface area is 117 Å². The van der Waals surface area contributed by atoms with Crippen molar-refractivity contribution in [3.05, 3.63) is 38.6 Å². The molecule has 0 bridgehead atoms. The Bertz CT molecular complexity index is 767. The average Bonchev–Trinajstić information content (AvgIpc) is 3.02. The number of hydrogen-bond donors (Lipinski definition) is 2. The molecule has 0 spiro atoms. The van der Waals surface area contributed by atoms with Gasteiger partial charge in [0.2, 0.25) is 5.82 Å². The summed E-state index contributed by atoms with van der Waals surface area (Å²) in [4.78, 5) is 15.6. The van der Waals surface area contributed by atoms with Crippen molar-refractivity contribution in [2.45, 2.75) is 20.4 Å². The number of imidazole rings is 1. The van der Waals surface area contributed by atoms with Gasteiger partial charge in [-0.1, -0.05) is 11.3 Å².